The highest BCUT2D eigenvalue weighted by Crippen LogP contribution is 2.47. The SMILES string of the molecule is COc1ccc(-c2cc(=O)c3c(O)cc4c(c3o2)[C@H](c2cccs2)CC(=O)O4)cc1O. The largest absolute Gasteiger partial charge is 0.507 e. The van der Waals surface area contributed by atoms with Crippen molar-refractivity contribution in [1.82, 2.24) is 0 Å². The molecule has 5 rings (SSSR count). The van der Waals surface area contributed by atoms with Gasteiger partial charge in [0, 0.05) is 34.1 Å². The summed E-state index contributed by atoms with van der Waals surface area (Å²) in [6, 6.07) is 11.0. The number of phenols is 2. The van der Waals surface area contributed by atoms with E-state index in [9.17, 15) is 19.8 Å². The summed E-state index contributed by atoms with van der Waals surface area (Å²) in [5.74, 6) is -0.586. The second-order valence-electron chi connectivity index (χ2n) is 7.12. The van der Waals surface area contributed by atoms with E-state index in [1.165, 1.54) is 36.6 Å². The van der Waals surface area contributed by atoms with E-state index in [1.807, 2.05) is 17.5 Å². The molecule has 0 radical (unpaired) electrons. The van der Waals surface area contributed by atoms with Crippen LogP contribution in [0.4, 0.5) is 0 Å². The van der Waals surface area contributed by atoms with Crippen molar-refractivity contribution in [3.63, 3.8) is 0 Å². The Morgan fingerprint density at radius 3 is 2.65 bits per heavy atom. The molecule has 156 valence electrons. The average molecular weight is 436 g/mol. The number of hydrogen-bond donors (Lipinski definition) is 2. The van der Waals surface area contributed by atoms with E-state index < -0.39 is 11.4 Å². The number of ether oxygens (including phenoxy) is 2. The minimum absolute atomic E-state index is 0.0136. The van der Waals surface area contributed by atoms with E-state index in [1.54, 1.807) is 12.1 Å². The zero-order valence-corrected chi connectivity index (χ0v) is 17.1. The smallest absolute Gasteiger partial charge is 0.312 e. The molecule has 0 saturated carbocycles. The third kappa shape index (κ3) is 3.12. The Kier molecular flexibility index (Phi) is 4.44. The molecule has 0 fully saturated rings. The Hall–Kier alpha value is -3.78. The van der Waals surface area contributed by atoms with Crippen LogP contribution in [0, 0.1) is 0 Å². The van der Waals surface area contributed by atoms with Gasteiger partial charge in [0.25, 0.3) is 0 Å². The number of esters is 1. The Balaban J connectivity index is 1.80. The van der Waals surface area contributed by atoms with Crippen molar-refractivity contribution >= 4 is 28.3 Å². The fraction of sp³-hybridized carbons (Fsp3) is 0.130. The van der Waals surface area contributed by atoms with Gasteiger partial charge in [0.2, 0.25) is 0 Å². The minimum Gasteiger partial charge on any atom is -0.507 e. The first kappa shape index (κ1) is 19.2. The summed E-state index contributed by atoms with van der Waals surface area (Å²) >= 11 is 1.48. The van der Waals surface area contributed by atoms with Gasteiger partial charge in [0.05, 0.1) is 13.5 Å². The summed E-state index contributed by atoms with van der Waals surface area (Å²) < 4.78 is 16.5. The molecule has 0 bridgehead atoms. The molecule has 4 aromatic rings. The van der Waals surface area contributed by atoms with Gasteiger partial charge >= 0.3 is 5.97 Å². The van der Waals surface area contributed by atoms with Crippen molar-refractivity contribution in [2.24, 2.45) is 0 Å². The molecule has 0 aliphatic carbocycles. The number of carbonyl (C=O) groups excluding carboxylic acids is 1. The quantitative estimate of drug-likeness (QED) is 0.363. The number of methoxy groups -OCH3 is 1. The fourth-order valence-electron chi connectivity index (χ4n) is 3.88. The van der Waals surface area contributed by atoms with E-state index in [0.717, 1.165) is 4.88 Å². The van der Waals surface area contributed by atoms with E-state index in [2.05, 4.69) is 0 Å². The normalized spacial score (nSPS) is 15.5. The second kappa shape index (κ2) is 7.17. The van der Waals surface area contributed by atoms with Gasteiger partial charge in [-0.25, -0.2) is 0 Å². The van der Waals surface area contributed by atoms with Gasteiger partial charge in [0.1, 0.15) is 28.2 Å². The van der Waals surface area contributed by atoms with Gasteiger partial charge in [-0.1, -0.05) is 6.07 Å². The van der Waals surface area contributed by atoms with Crippen molar-refractivity contribution < 1.29 is 28.9 Å². The molecule has 31 heavy (non-hydrogen) atoms. The van der Waals surface area contributed by atoms with Crippen molar-refractivity contribution in [3.8, 4) is 34.3 Å². The maximum atomic E-state index is 12.9. The van der Waals surface area contributed by atoms with Crippen LogP contribution in [0.1, 0.15) is 22.8 Å². The lowest BCUT2D eigenvalue weighted by atomic mass is 9.89. The van der Waals surface area contributed by atoms with Gasteiger partial charge in [0.15, 0.2) is 16.9 Å². The van der Waals surface area contributed by atoms with E-state index >= 15 is 0 Å². The molecule has 2 aromatic heterocycles. The maximum absolute atomic E-state index is 12.9. The van der Waals surface area contributed by atoms with Crippen LogP contribution < -0.4 is 14.9 Å². The monoisotopic (exact) mass is 436 g/mol. The van der Waals surface area contributed by atoms with Gasteiger partial charge in [-0.05, 0) is 29.6 Å². The summed E-state index contributed by atoms with van der Waals surface area (Å²) in [4.78, 5) is 26.1. The number of benzene rings is 2. The standard InChI is InChI=1S/C23H16O7S/c1-28-16-5-4-11(7-13(16)24)17-9-14(25)22-15(26)10-18-21(23(22)30-17)12(8-20(27)29-18)19-3-2-6-31-19/h2-7,9-10,12,24,26H,8H2,1H3/t12-/m0/s1. The molecule has 1 atom stereocenters. The van der Waals surface area contributed by atoms with Gasteiger partial charge < -0.3 is 24.1 Å². The summed E-state index contributed by atoms with van der Waals surface area (Å²) in [7, 11) is 1.44. The molecule has 0 unspecified atom stereocenters. The minimum atomic E-state index is -0.450. The first-order valence-electron chi connectivity index (χ1n) is 9.41. The predicted molar refractivity (Wildman–Crippen MR) is 114 cm³/mol. The first-order chi connectivity index (χ1) is 15.0. The van der Waals surface area contributed by atoms with Crippen molar-refractivity contribution in [2.75, 3.05) is 7.11 Å². The maximum Gasteiger partial charge on any atom is 0.312 e. The van der Waals surface area contributed by atoms with Crippen molar-refractivity contribution in [2.45, 2.75) is 12.3 Å². The third-order valence-electron chi connectivity index (χ3n) is 5.27. The highest BCUT2D eigenvalue weighted by molar-refractivity contribution is 7.10. The number of phenolic OH excluding ortho intramolecular Hbond substituents is 2. The van der Waals surface area contributed by atoms with Crippen LogP contribution in [0.5, 0.6) is 23.0 Å². The number of thiophene rings is 1. The van der Waals surface area contributed by atoms with E-state index in [-0.39, 0.29) is 52.1 Å². The number of rotatable bonds is 3. The Bertz CT molecular complexity index is 1390. The number of aromatic hydroxyl groups is 2. The molecular weight excluding hydrogens is 420 g/mol. The lowest BCUT2D eigenvalue weighted by molar-refractivity contribution is -0.135. The van der Waals surface area contributed by atoms with Crippen molar-refractivity contribution in [1.29, 1.82) is 0 Å². The van der Waals surface area contributed by atoms with Crippen LogP contribution in [0.3, 0.4) is 0 Å². The third-order valence-corrected chi connectivity index (χ3v) is 6.26. The van der Waals surface area contributed by atoms with Crippen LogP contribution >= 0.6 is 11.3 Å². The van der Waals surface area contributed by atoms with Gasteiger partial charge in [-0.3, -0.25) is 9.59 Å². The number of fused-ring (bicyclic) bond motifs is 3. The summed E-state index contributed by atoms with van der Waals surface area (Å²) in [5, 5.41) is 22.5. The van der Waals surface area contributed by atoms with Gasteiger partial charge in [-0.15, -0.1) is 11.3 Å². The molecule has 0 saturated heterocycles. The highest BCUT2D eigenvalue weighted by atomic mass is 32.1. The summed E-state index contributed by atoms with van der Waals surface area (Å²) in [5.41, 5.74) is 0.689. The van der Waals surface area contributed by atoms with E-state index in [4.69, 9.17) is 13.9 Å². The highest BCUT2D eigenvalue weighted by Gasteiger charge is 2.34. The predicted octanol–water partition coefficient (Wildman–Crippen LogP) is 4.38. The zero-order valence-electron chi connectivity index (χ0n) is 16.2. The van der Waals surface area contributed by atoms with Gasteiger partial charge in [-0.2, -0.15) is 0 Å². The number of hydrogen-bond acceptors (Lipinski definition) is 8. The Morgan fingerprint density at radius 2 is 1.94 bits per heavy atom. The van der Waals surface area contributed by atoms with Crippen LogP contribution in [0.25, 0.3) is 22.3 Å². The molecule has 0 amide bonds. The van der Waals surface area contributed by atoms with Crippen LogP contribution in [-0.4, -0.2) is 23.3 Å². The second-order valence-corrected chi connectivity index (χ2v) is 8.10. The fourth-order valence-corrected chi connectivity index (χ4v) is 4.71. The summed E-state index contributed by atoms with van der Waals surface area (Å²) in [6.45, 7) is 0. The molecule has 7 nitrogen and oxygen atoms in total. The molecule has 1 aliphatic heterocycles. The van der Waals surface area contributed by atoms with Crippen LogP contribution in [-0.2, 0) is 4.79 Å². The van der Waals surface area contributed by atoms with E-state index in [0.29, 0.717) is 11.1 Å². The molecule has 0 spiro atoms. The average Bonchev–Trinajstić information content (AvgIpc) is 3.27. The molecular formula is C23H16O7S. The first-order valence-corrected chi connectivity index (χ1v) is 10.3. The van der Waals surface area contributed by atoms with Crippen LogP contribution in [0.2, 0.25) is 0 Å². The number of carbonyl (C=O) groups is 1. The van der Waals surface area contributed by atoms with Crippen molar-refractivity contribution in [3.05, 3.63) is 68.5 Å². The molecule has 3 heterocycles. The Labute approximate surface area is 179 Å². The molecule has 1 aliphatic rings. The Morgan fingerprint density at radius 1 is 1.10 bits per heavy atom. The lowest BCUT2D eigenvalue weighted by Gasteiger charge is -2.25. The zero-order chi connectivity index (χ0) is 21.7. The molecule has 8 heteroatoms. The topological polar surface area (TPSA) is 106 Å². The molecule has 2 aromatic carbocycles. The van der Waals surface area contributed by atoms with Crippen LogP contribution in [0.15, 0.2) is 57.1 Å². The molecule has 2 N–H and O–H groups in total. The summed E-state index contributed by atoms with van der Waals surface area (Å²) in [6.07, 6.45) is 0.0879. The lowest BCUT2D eigenvalue weighted by Crippen LogP contribution is -2.21.